The van der Waals surface area contributed by atoms with Crippen molar-refractivity contribution in [1.29, 1.82) is 0 Å². The monoisotopic (exact) mass is 454 g/mol. The maximum absolute atomic E-state index is 13.8. The van der Waals surface area contributed by atoms with Gasteiger partial charge in [0, 0.05) is 5.69 Å². The molecule has 0 aliphatic heterocycles. The summed E-state index contributed by atoms with van der Waals surface area (Å²) in [7, 11) is -3.87. The van der Waals surface area contributed by atoms with Crippen molar-refractivity contribution in [3.8, 4) is 0 Å². The summed E-state index contributed by atoms with van der Waals surface area (Å²) in [5.74, 6) is -1.86. The van der Waals surface area contributed by atoms with Gasteiger partial charge in [0.15, 0.2) is 9.84 Å². The van der Waals surface area contributed by atoms with Crippen LogP contribution >= 0.6 is 0 Å². The van der Waals surface area contributed by atoms with Gasteiger partial charge in [-0.15, -0.1) is 0 Å². The van der Waals surface area contributed by atoms with Crippen LogP contribution in [0.4, 0.5) is 5.69 Å². The second-order valence-electron chi connectivity index (χ2n) is 8.48. The zero-order valence-corrected chi connectivity index (χ0v) is 19.2. The Morgan fingerprint density at radius 2 is 1.69 bits per heavy atom. The summed E-state index contributed by atoms with van der Waals surface area (Å²) >= 11 is 0. The van der Waals surface area contributed by atoms with Crippen LogP contribution in [0, 0.1) is 11.8 Å². The second-order valence-corrected chi connectivity index (χ2v) is 10.6. The average molecular weight is 455 g/mol. The minimum Gasteiger partial charge on any atom is -0.399 e. The number of sulfone groups is 1. The first-order valence-electron chi connectivity index (χ1n) is 10.7. The van der Waals surface area contributed by atoms with Gasteiger partial charge in [0.05, 0.1) is 16.1 Å². The first kappa shape index (κ1) is 23.8. The number of fused-ring (bicyclic) bond motifs is 1. The SMILES string of the molecule is CC(C)[C@H](C(=O)NO)C(CCCc1ccccc1)S(=O)(=O)c1ccc2ccc(N)cc2c1. The maximum Gasteiger partial charge on any atom is 0.248 e. The van der Waals surface area contributed by atoms with E-state index >= 15 is 0 Å². The molecule has 6 nitrogen and oxygen atoms in total. The van der Waals surface area contributed by atoms with E-state index in [-0.39, 0.29) is 10.8 Å². The lowest BCUT2D eigenvalue weighted by Gasteiger charge is -2.28. The number of hydroxylamine groups is 1. The molecular formula is C25H30N2O4S. The quantitative estimate of drug-likeness (QED) is 0.253. The highest BCUT2D eigenvalue weighted by Gasteiger charge is 2.40. The van der Waals surface area contributed by atoms with Crippen molar-refractivity contribution in [3.63, 3.8) is 0 Å². The number of benzene rings is 3. The predicted octanol–water partition coefficient (Wildman–Crippen LogP) is 4.36. The smallest absolute Gasteiger partial charge is 0.248 e. The molecule has 32 heavy (non-hydrogen) atoms. The largest absolute Gasteiger partial charge is 0.399 e. The molecule has 3 aromatic carbocycles. The molecule has 3 rings (SSSR count). The summed E-state index contributed by atoms with van der Waals surface area (Å²) in [6, 6.07) is 20.1. The lowest BCUT2D eigenvalue weighted by molar-refractivity contribution is -0.134. The molecule has 2 atom stereocenters. The summed E-state index contributed by atoms with van der Waals surface area (Å²) in [6.45, 7) is 3.58. The van der Waals surface area contributed by atoms with E-state index in [0.717, 1.165) is 16.3 Å². The summed E-state index contributed by atoms with van der Waals surface area (Å²) in [4.78, 5) is 12.7. The Morgan fingerprint density at radius 1 is 1.00 bits per heavy atom. The van der Waals surface area contributed by atoms with Crippen LogP contribution < -0.4 is 11.2 Å². The topological polar surface area (TPSA) is 109 Å². The maximum atomic E-state index is 13.8. The summed E-state index contributed by atoms with van der Waals surface area (Å²) in [5.41, 5.74) is 9.21. The Labute approximate surface area is 189 Å². The highest BCUT2D eigenvalue weighted by Crippen LogP contribution is 2.32. The summed E-state index contributed by atoms with van der Waals surface area (Å²) in [6.07, 6.45) is 1.59. The van der Waals surface area contributed by atoms with E-state index < -0.39 is 26.9 Å². The van der Waals surface area contributed by atoms with Gasteiger partial charge in [-0.05, 0) is 65.8 Å². The van der Waals surface area contributed by atoms with Gasteiger partial charge >= 0.3 is 0 Å². The molecule has 0 radical (unpaired) electrons. The third-order valence-corrected chi connectivity index (χ3v) is 8.13. The molecule has 7 heteroatoms. The molecule has 0 spiro atoms. The van der Waals surface area contributed by atoms with Gasteiger partial charge < -0.3 is 5.73 Å². The molecule has 3 aromatic rings. The van der Waals surface area contributed by atoms with Crippen LogP contribution in [0.2, 0.25) is 0 Å². The summed E-state index contributed by atoms with van der Waals surface area (Å²) < 4.78 is 27.6. The van der Waals surface area contributed by atoms with Crippen molar-refractivity contribution < 1.29 is 18.4 Å². The normalized spacial score (nSPS) is 13.8. The van der Waals surface area contributed by atoms with Crippen molar-refractivity contribution in [2.45, 2.75) is 43.3 Å². The molecule has 1 amide bonds. The molecule has 0 fully saturated rings. The third kappa shape index (κ3) is 5.29. The van der Waals surface area contributed by atoms with Crippen molar-refractivity contribution in [2.24, 2.45) is 11.8 Å². The van der Waals surface area contributed by atoms with E-state index in [1.165, 1.54) is 0 Å². The number of hydrogen-bond acceptors (Lipinski definition) is 5. The van der Waals surface area contributed by atoms with Gasteiger partial charge in [-0.2, -0.15) is 0 Å². The fourth-order valence-electron chi connectivity index (χ4n) is 4.25. The number of carbonyl (C=O) groups is 1. The number of nitrogens with two attached hydrogens (primary N) is 1. The van der Waals surface area contributed by atoms with Crippen LogP contribution in [0.5, 0.6) is 0 Å². The number of hydrogen-bond donors (Lipinski definition) is 3. The molecule has 0 saturated carbocycles. The van der Waals surface area contributed by atoms with E-state index in [1.807, 2.05) is 36.4 Å². The highest BCUT2D eigenvalue weighted by molar-refractivity contribution is 7.92. The number of rotatable bonds is 9. The van der Waals surface area contributed by atoms with E-state index in [1.54, 1.807) is 49.7 Å². The average Bonchev–Trinajstić information content (AvgIpc) is 2.78. The molecule has 0 aliphatic rings. The van der Waals surface area contributed by atoms with Gasteiger partial charge in [-0.3, -0.25) is 10.0 Å². The fourth-order valence-corrected chi connectivity index (χ4v) is 6.45. The van der Waals surface area contributed by atoms with Crippen molar-refractivity contribution in [2.75, 3.05) is 5.73 Å². The molecule has 0 saturated heterocycles. The molecule has 1 unspecified atom stereocenters. The molecule has 0 bridgehead atoms. The zero-order chi connectivity index (χ0) is 23.3. The van der Waals surface area contributed by atoms with Crippen molar-refractivity contribution in [3.05, 3.63) is 72.3 Å². The number of anilines is 1. The van der Waals surface area contributed by atoms with Crippen LogP contribution in [-0.2, 0) is 21.1 Å². The van der Waals surface area contributed by atoms with E-state index in [9.17, 15) is 18.4 Å². The van der Waals surface area contributed by atoms with Gasteiger partial charge in [0.1, 0.15) is 0 Å². The number of amides is 1. The Balaban J connectivity index is 1.98. The minimum absolute atomic E-state index is 0.150. The Kier molecular flexibility index (Phi) is 7.53. The zero-order valence-electron chi connectivity index (χ0n) is 18.4. The molecule has 0 aliphatic carbocycles. The lowest BCUT2D eigenvalue weighted by atomic mass is 9.88. The van der Waals surface area contributed by atoms with Gasteiger partial charge in [0.2, 0.25) is 5.91 Å². The standard InChI is InChI=1S/C25H30N2O4S/c1-17(2)24(25(28)27-29)23(10-6-9-18-7-4-3-5-8-18)32(30,31)22-14-12-19-11-13-21(26)15-20(19)16-22/h3-5,7-8,11-17,23-24,29H,6,9-10,26H2,1-2H3,(H,27,28)/t23?,24-/m0/s1. The van der Waals surface area contributed by atoms with E-state index in [4.69, 9.17) is 5.73 Å². The minimum atomic E-state index is -3.87. The van der Waals surface area contributed by atoms with Crippen LogP contribution in [0.1, 0.15) is 32.3 Å². The van der Waals surface area contributed by atoms with Crippen molar-refractivity contribution >= 4 is 32.2 Å². The number of carbonyl (C=O) groups excluding carboxylic acids is 1. The molecule has 170 valence electrons. The fraction of sp³-hybridized carbons (Fsp3) is 0.320. The second kappa shape index (κ2) is 10.1. The Hall–Kier alpha value is -2.90. The molecule has 4 N–H and O–H groups in total. The highest BCUT2D eigenvalue weighted by atomic mass is 32.2. The predicted molar refractivity (Wildman–Crippen MR) is 127 cm³/mol. The van der Waals surface area contributed by atoms with E-state index in [2.05, 4.69) is 0 Å². The summed E-state index contributed by atoms with van der Waals surface area (Å²) in [5, 5.41) is 9.94. The van der Waals surface area contributed by atoms with Crippen LogP contribution in [-0.4, -0.2) is 24.8 Å². The molecule has 0 heterocycles. The van der Waals surface area contributed by atoms with Crippen molar-refractivity contribution in [1.82, 2.24) is 5.48 Å². The van der Waals surface area contributed by atoms with Gasteiger partial charge in [-0.1, -0.05) is 56.3 Å². The van der Waals surface area contributed by atoms with Crippen LogP contribution in [0.15, 0.2) is 71.6 Å². The molecule has 0 aromatic heterocycles. The van der Waals surface area contributed by atoms with E-state index in [0.29, 0.717) is 24.9 Å². The first-order chi connectivity index (χ1) is 15.2. The Bertz CT molecular complexity index is 1180. The molecular weight excluding hydrogens is 424 g/mol. The van der Waals surface area contributed by atoms with Gasteiger partial charge in [-0.25, -0.2) is 13.9 Å². The lowest BCUT2D eigenvalue weighted by Crippen LogP contribution is -2.43. The van der Waals surface area contributed by atoms with Crippen LogP contribution in [0.25, 0.3) is 10.8 Å². The van der Waals surface area contributed by atoms with Crippen LogP contribution in [0.3, 0.4) is 0 Å². The van der Waals surface area contributed by atoms with Gasteiger partial charge in [0.25, 0.3) is 0 Å². The third-order valence-electron chi connectivity index (χ3n) is 5.89. The Morgan fingerprint density at radius 3 is 2.34 bits per heavy atom. The number of aryl methyl sites for hydroxylation is 1. The first-order valence-corrected chi connectivity index (χ1v) is 12.3. The number of nitrogen functional groups attached to an aromatic ring is 1. The number of nitrogens with one attached hydrogen (secondary N) is 1.